The summed E-state index contributed by atoms with van der Waals surface area (Å²) in [5.74, 6) is 1.17. The minimum Gasteiger partial charge on any atom is -0.325 e. The summed E-state index contributed by atoms with van der Waals surface area (Å²) in [6.45, 7) is 2.09. The van der Waals surface area contributed by atoms with Crippen LogP contribution in [0.4, 0.5) is 5.69 Å². The number of rotatable bonds is 5. The molecule has 0 aliphatic heterocycles. The standard InChI is InChI=1S/C21H21N5OS2/c1-2-16-23-20-18(14-10-6-7-11-15(14)29-20)19-24-25-21(26(16)19)28-12-17(27)22-13-8-4-3-5-9-13/h3-5,8-9H,2,6-7,10-12H2,1H3,(H,22,27). The van der Waals surface area contributed by atoms with Gasteiger partial charge in [-0.25, -0.2) is 4.98 Å². The number of nitrogens with one attached hydrogen (secondary N) is 1. The van der Waals surface area contributed by atoms with Gasteiger partial charge in [-0.05, 0) is 43.4 Å². The van der Waals surface area contributed by atoms with E-state index in [0.717, 1.165) is 51.8 Å². The van der Waals surface area contributed by atoms with Gasteiger partial charge in [-0.2, -0.15) is 0 Å². The number of para-hydroxylation sites is 1. The van der Waals surface area contributed by atoms with Gasteiger partial charge in [0.05, 0.1) is 11.1 Å². The predicted molar refractivity (Wildman–Crippen MR) is 118 cm³/mol. The summed E-state index contributed by atoms with van der Waals surface area (Å²) in [7, 11) is 0. The van der Waals surface area contributed by atoms with E-state index in [9.17, 15) is 4.79 Å². The highest BCUT2D eigenvalue weighted by atomic mass is 32.2. The Morgan fingerprint density at radius 1 is 1.21 bits per heavy atom. The van der Waals surface area contributed by atoms with Crippen molar-refractivity contribution < 1.29 is 4.79 Å². The summed E-state index contributed by atoms with van der Waals surface area (Å²) < 4.78 is 2.05. The minimum absolute atomic E-state index is 0.0575. The van der Waals surface area contributed by atoms with Crippen molar-refractivity contribution in [3.8, 4) is 0 Å². The number of aryl methyl sites for hydroxylation is 3. The summed E-state index contributed by atoms with van der Waals surface area (Å²) >= 11 is 3.21. The van der Waals surface area contributed by atoms with Crippen LogP contribution in [0.15, 0.2) is 35.5 Å². The van der Waals surface area contributed by atoms with Crippen molar-refractivity contribution in [1.29, 1.82) is 0 Å². The number of carbonyl (C=O) groups is 1. The number of thioether (sulfide) groups is 1. The average Bonchev–Trinajstić information content (AvgIpc) is 3.33. The molecule has 1 N–H and O–H groups in total. The molecule has 1 aliphatic rings. The highest BCUT2D eigenvalue weighted by Crippen LogP contribution is 2.38. The SMILES string of the molecule is CCc1nc2sc3c(c2c2nnc(SCC(=O)Nc4ccccc4)n12)CCCC3. The number of hydrogen-bond donors (Lipinski definition) is 1. The second-order valence-electron chi connectivity index (χ2n) is 7.12. The Morgan fingerprint density at radius 2 is 2.03 bits per heavy atom. The number of thiophene rings is 1. The number of amides is 1. The van der Waals surface area contributed by atoms with Gasteiger partial charge < -0.3 is 5.32 Å². The lowest BCUT2D eigenvalue weighted by Gasteiger charge is -2.11. The van der Waals surface area contributed by atoms with E-state index in [1.54, 1.807) is 0 Å². The maximum Gasteiger partial charge on any atom is 0.234 e. The van der Waals surface area contributed by atoms with Gasteiger partial charge in [0, 0.05) is 17.0 Å². The van der Waals surface area contributed by atoms with E-state index in [2.05, 4.69) is 22.4 Å². The first kappa shape index (κ1) is 18.6. The Morgan fingerprint density at radius 3 is 2.86 bits per heavy atom. The molecule has 0 unspecified atom stereocenters. The van der Waals surface area contributed by atoms with Crippen LogP contribution in [0.5, 0.6) is 0 Å². The number of carbonyl (C=O) groups excluding carboxylic acids is 1. The summed E-state index contributed by atoms with van der Waals surface area (Å²) in [6, 6.07) is 9.49. The zero-order valence-electron chi connectivity index (χ0n) is 16.1. The van der Waals surface area contributed by atoms with Crippen LogP contribution in [0.25, 0.3) is 15.9 Å². The number of anilines is 1. The van der Waals surface area contributed by atoms with Crippen LogP contribution in [-0.4, -0.2) is 31.2 Å². The molecule has 0 atom stereocenters. The quantitative estimate of drug-likeness (QED) is 0.478. The maximum atomic E-state index is 12.4. The summed E-state index contributed by atoms with van der Waals surface area (Å²) in [6.07, 6.45) is 5.49. The molecule has 148 valence electrons. The van der Waals surface area contributed by atoms with E-state index >= 15 is 0 Å². The first-order chi connectivity index (χ1) is 14.2. The molecule has 3 aromatic heterocycles. The van der Waals surface area contributed by atoms with E-state index in [0.29, 0.717) is 0 Å². The van der Waals surface area contributed by atoms with Gasteiger partial charge in [0.1, 0.15) is 10.7 Å². The van der Waals surface area contributed by atoms with Crippen molar-refractivity contribution in [1.82, 2.24) is 19.6 Å². The number of benzene rings is 1. The highest BCUT2D eigenvalue weighted by Gasteiger charge is 2.23. The van der Waals surface area contributed by atoms with Crippen LogP contribution in [0, 0.1) is 0 Å². The monoisotopic (exact) mass is 423 g/mol. The third-order valence-corrected chi connectivity index (χ3v) is 7.32. The van der Waals surface area contributed by atoms with Gasteiger partial charge in [0.15, 0.2) is 10.8 Å². The van der Waals surface area contributed by atoms with Crippen molar-refractivity contribution in [2.24, 2.45) is 0 Å². The van der Waals surface area contributed by atoms with Crippen LogP contribution in [0.2, 0.25) is 0 Å². The van der Waals surface area contributed by atoms with Crippen molar-refractivity contribution in [3.05, 3.63) is 46.6 Å². The molecule has 0 bridgehead atoms. The normalized spacial score (nSPS) is 13.7. The molecule has 6 nitrogen and oxygen atoms in total. The summed E-state index contributed by atoms with van der Waals surface area (Å²) in [4.78, 5) is 19.8. The Balaban J connectivity index is 1.47. The van der Waals surface area contributed by atoms with Gasteiger partial charge in [-0.1, -0.05) is 36.9 Å². The van der Waals surface area contributed by atoms with Crippen molar-refractivity contribution in [3.63, 3.8) is 0 Å². The molecule has 29 heavy (non-hydrogen) atoms. The first-order valence-corrected chi connectivity index (χ1v) is 11.7. The lowest BCUT2D eigenvalue weighted by atomic mass is 9.97. The zero-order chi connectivity index (χ0) is 19.8. The van der Waals surface area contributed by atoms with Gasteiger partial charge >= 0.3 is 0 Å². The molecule has 1 aliphatic carbocycles. The van der Waals surface area contributed by atoms with Crippen LogP contribution in [0.1, 0.15) is 36.0 Å². The Hall–Kier alpha value is -2.45. The number of aromatic nitrogens is 4. The topological polar surface area (TPSA) is 72.2 Å². The first-order valence-electron chi connectivity index (χ1n) is 9.90. The fraction of sp³-hybridized carbons (Fsp3) is 0.333. The van der Waals surface area contributed by atoms with E-state index in [4.69, 9.17) is 4.98 Å². The van der Waals surface area contributed by atoms with Gasteiger partial charge in [0.2, 0.25) is 5.91 Å². The smallest absolute Gasteiger partial charge is 0.234 e. The van der Waals surface area contributed by atoms with Gasteiger partial charge in [-0.3, -0.25) is 9.20 Å². The Kier molecular flexibility index (Phi) is 4.97. The summed E-state index contributed by atoms with van der Waals surface area (Å²) in [5.41, 5.74) is 3.09. The van der Waals surface area contributed by atoms with Crippen molar-refractivity contribution in [2.45, 2.75) is 44.2 Å². The van der Waals surface area contributed by atoms with E-state index < -0.39 is 0 Å². The molecule has 5 rings (SSSR count). The fourth-order valence-corrected chi connectivity index (χ4v) is 5.90. The number of fused-ring (bicyclic) bond motifs is 5. The molecule has 0 radical (unpaired) electrons. The molecule has 1 aromatic carbocycles. The van der Waals surface area contributed by atoms with E-state index in [1.807, 2.05) is 46.1 Å². The third-order valence-electron chi connectivity index (χ3n) is 5.20. The van der Waals surface area contributed by atoms with Crippen LogP contribution in [-0.2, 0) is 24.1 Å². The molecular weight excluding hydrogens is 402 g/mol. The van der Waals surface area contributed by atoms with Crippen LogP contribution in [0.3, 0.4) is 0 Å². The van der Waals surface area contributed by atoms with E-state index in [1.165, 1.54) is 35.0 Å². The molecule has 0 spiro atoms. The molecular formula is C21H21N5OS2. The molecule has 4 aromatic rings. The number of nitrogens with zero attached hydrogens (tertiary/aromatic N) is 4. The van der Waals surface area contributed by atoms with Crippen molar-refractivity contribution >= 4 is 50.6 Å². The highest BCUT2D eigenvalue weighted by molar-refractivity contribution is 7.99. The number of hydrogen-bond acceptors (Lipinski definition) is 6. The molecule has 8 heteroatoms. The fourth-order valence-electron chi connectivity index (χ4n) is 3.87. The third kappa shape index (κ3) is 3.40. The van der Waals surface area contributed by atoms with E-state index in [-0.39, 0.29) is 11.7 Å². The zero-order valence-corrected chi connectivity index (χ0v) is 17.8. The largest absolute Gasteiger partial charge is 0.325 e. The average molecular weight is 424 g/mol. The molecule has 0 fully saturated rings. The maximum absolute atomic E-state index is 12.4. The Labute approximate surface area is 176 Å². The minimum atomic E-state index is -0.0575. The lowest BCUT2D eigenvalue weighted by molar-refractivity contribution is -0.113. The molecule has 1 amide bonds. The molecule has 0 saturated heterocycles. The lowest BCUT2D eigenvalue weighted by Crippen LogP contribution is -2.14. The Bertz CT molecular complexity index is 1200. The van der Waals surface area contributed by atoms with Crippen molar-refractivity contribution in [2.75, 3.05) is 11.1 Å². The second kappa shape index (κ2) is 7.76. The van der Waals surface area contributed by atoms with Crippen LogP contribution >= 0.6 is 23.1 Å². The van der Waals surface area contributed by atoms with Gasteiger partial charge in [-0.15, -0.1) is 21.5 Å². The second-order valence-corrected chi connectivity index (χ2v) is 9.14. The molecule has 0 saturated carbocycles. The predicted octanol–water partition coefficient (Wildman–Crippen LogP) is 4.51. The molecule has 3 heterocycles. The van der Waals surface area contributed by atoms with Crippen LogP contribution < -0.4 is 5.32 Å². The van der Waals surface area contributed by atoms with Gasteiger partial charge in [0.25, 0.3) is 0 Å². The summed E-state index contributed by atoms with van der Waals surface area (Å²) in [5, 5.41) is 13.8.